The SMILES string of the molecule is CC(C)C[C@H](NC(=O)[C@@H](O)CCc1ccccc1)C(=O)OC(C)(C)C. The van der Waals surface area contributed by atoms with Crippen molar-refractivity contribution in [3.63, 3.8) is 0 Å². The van der Waals surface area contributed by atoms with Crippen LogP contribution < -0.4 is 5.32 Å². The summed E-state index contributed by atoms with van der Waals surface area (Å²) in [6.07, 6.45) is 0.207. The van der Waals surface area contributed by atoms with Crippen LogP contribution in [0.4, 0.5) is 0 Å². The number of aryl methyl sites for hydroxylation is 1. The number of nitrogens with one attached hydrogen (secondary N) is 1. The highest BCUT2D eigenvalue weighted by molar-refractivity contribution is 5.86. The molecule has 0 aromatic heterocycles. The van der Waals surface area contributed by atoms with Gasteiger partial charge in [-0.05, 0) is 51.5 Å². The second kappa shape index (κ2) is 9.56. The zero-order chi connectivity index (χ0) is 19.0. The fourth-order valence-electron chi connectivity index (χ4n) is 2.41. The number of hydrogen-bond acceptors (Lipinski definition) is 4. The molecule has 1 aromatic carbocycles. The predicted molar refractivity (Wildman–Crippen MR) is 98.0 cm³/mol. The van der Waals surface area contributed by atoms with Crippen molar-refractivity contribution < 1.29 is 19.4 Å². The third-order valence-electron chi connectivity index (χ3n) is 3.57. The van der Waals surface area contributed by atoms with Crippen LogP contribution in [-0.2, 0) is 20.7 Å². The van der Waals surface area contributed by atoms with Crippen LogP contribution >= 0.6 is 0 Å². The number of amides is 1. The maximum atomic E-state index is 12.3. The lowest BCUT2D eigenvalue weighted by molar-refractivity contribution is -0.159. The molecule has 2 N–H and O–H groups in total. The topological polar surface area (TPSA) is 75.6 Å². The molecular formula is C20H31NO4. The molecule has 2 atom stereocenters. The highest BCUT2D eigenvalue weighted by Crippen LogP contribution is 2.13. The van der Waals surface area contributed by atoms with Crippen molar-refractivity contribution in [1.29, 1.82) is 0 Å². The zero-order valence-electron chi connectivity index (χ0n) is 15.9. The van der Waals surface area contributed by atoms with E-state index in [4.69, 9.17) is 4.74 Å². The van der Waals surface area contributed by atoms with Crippen molar-refractivity contribution >= 4 is 11.9 Å². The van der Waals surface area contributed by atoms with Crippen LogP contribution in [0.1, 0.15) is 53.0 Å². The first kappa shape index (κ1) is 21.2. The molecule has 1 rings (SSSR count). The van der Waals surface area contributed by atoms with Gasteiger partial charge in [-0.1, -0.05) is 44.2 Å². The van der Waals surface area contributed by atoms with Gasteiger partial charge in [-0.15, -0.1) is 0 Å². The molecule has 0 fully saturated rings. The van der Waals surface area contributed by atoms with Gasteiger partial charge in [0.15, 0.2) is 0 Å². The summed E-state index contributed by atoms with van der Waals surface area (Å²) in [6.45, 7) is 9.29. The number of aliphatic hydroxyl groups is 1. The molecule has 0 radical (unpaired) electrons. The lowest BCUT2D eigenvalue weighted by Gasteiger charge is -2.26. The molecule has 140 valence electrons. The highest BCUT2D eigenvalue weighted by Gasteiger charge is 2.29. The van der Waals surface area contributed by atoms with Crippen molar-refractivity contribution in [2.24, 2.45) is 5.92 Å². The minimum Gasteiger partial charge on any atom is -0.458 e. The van der Waals surface area contributed by atoms with E-state index < -0.39 is 29.6 Å². The summed E-state index contributed by atoms with van der Waals surface area (Å²) in [5.74, 6) is -0.795. The number of ether oxygens (including phenoxy) is 1. The van der Waals surface area contributed by atoms with Gasteiger partial charge in [0.25, 0.3) is 0 Å². The molecule has 0 saturated heterocycles. The second-order valence-corrected chi connectivity index (χ2v) is 7.76. The number of carbonyl (C=O) groups is 2. The molecule has 1 amide bonds. The molecule has 5 nitrogen and oxygen atoms in total. The minimum atomic E-state index is -1.16. The fraction of sp³-hybridized carbons (Fsp3) is 0.600. The maximum Gasteiger partial charge on any atom is 0.329 e. The van der Waals surface area contributed by atoms with Crippen LogP contribution in [0.3, 0.4) is 0 Å². The molecule has 0 aliphatic rings. The molecule has 0 aliphatic carbocycles. The number of carbonyl (C=O) groups excluding carboxylic acids is 2. The Labute approximate surface area is 150 Å². The highest BCUT2D eigenvalue weighted by atomic mass is 16.6. The molecule has 0 bridgehead atoms. The number of esters is 1. The molecule has 25 heavy (non-hydrogen) atoms. The van der Waals surface area contributed by atoms with Crippen LogP contribution in [0, 0.1) is 5.92 Å². The molecular weight excluding hydrogens is 318 g/mol. The lowest BCUT2D eigenvalue weighted by Crippen LogP contribution is -2.48. The Balaban J connectivity index is 2.62. The summed E-state index contributed by atoms with van der Waals surface area (Å²) in [7, 11) is 0. The number of aliphatic hydroxyl groups excluding tert-OH is 1. The van der Waals surface area contributed by atoms with Crippen LogP contribution in [0.5, 0.6) is 0 Å². The van der Waals surface area contributed by atoms with Crippen LogP contribution in [-0.4, -0.2) is 34.7 Å². The van der Waals surface area contributed by atoms with Gasteiger partial charge in [-0.25, -0.2) is 4.79 Å². The van der Waals surface area contributed by atoms with E-state index in [1.165, 1.54) is 0 Å². The van der Waals surface area contributed by atoms with E-state index in [0.717, 1.165) is 5.56 Å². The number of benzene rings is 1. The zero-order valence-corrected chi connectivity index (χ0v) is 15.9. The van der Waals surface area contributed by atoms with Crippen LogP contribution in [0.2, 0.25) is 0 Å². The van der Waals surface area contributed by atoms with E-state index in [2.05, 4.69) is 5.32 Å². The molecule has 0 unspecified atom stereocenters. The molecule has 0 aliphatic heterocycles. The Hall–Kier alpha value is -1.88. The Morgan fingerprint density at radius 1 is 1.16 bits per heavy atom. The van der Waals surface area contributed by atoms with E-state index in [1.807, 2.05) is 44.2 Å². The summed E-state index contributed by atoms with van der Waals surface area (Å²) in [5.41, 5.74) is 0.434. The normalized spacial score (nSPS) is 14.0. The summed E-state index contributed by atoms with van der Waals surface area (Å²) >= 11 is 0. The largest absolute Gasteiger partial charge is 0.458 e. The van der Waals surface area contributed by atoms with E-state index >= 15 is 0 Å². The van der Waals surface area contributed by atoms with Gasteiger partial charge in [0.2, 0.25) is 5.91 Å². The minimum absolute atomic E-state index is 0.208. The van der Waals surface area contributed by atoms with Crippen LogP contribution in [0.15, 0.2) is 30.3 Å². The summed E-state index contributed by atoms with van der Waals surface area (Å²) in [5, 5.41) is 12.8. The van der Waals surface area contributed by atoms with Crippen molar-refractivity contribution in [2.75, 3.05) is 0 Å². The van der Waals surface area contributed by atoms with Crippen LogP contribution in [0.25, 0.3) is 0 Å². The standard InChI is InChI=1S/C20H31NO4/c1-14(2)13-16(19(24)25-20(3,4)5)21-18(23)17(22)12-11-15-9-7-6-8-10-15/h6-10,14,16-17,22H,11-13H2,1-5H3,(H,21,23)/t16-,17-/m0/s1. The Morgan fingerprint density at radius 2 is 1.76 bits per heavy atom. The number of rotatable bonds is 8. The van der Waals surface area contributed by atoms with Crippen molar-refractivity contribution in [1.82, 2.24) is 5.32 Å². The fourth-order valence-corrected chi connectivity index (χ4v) is 2.41. The first-order valence-electron chi connectivity index (χ1n) is 8.83. The molecule has 0 saturated carbocycles. The number of hydrogen-bond donors (Lipinski definition) is 2. The van der Waals surface area contributed by atoms with Gasteiger partial charge in [-0.2, -0.15) is 0 Å². The smallest absolute Gasteiger partial charge is 0.329 e. The first-order valence-corrected chi connectivity index (χ1v) is 8.83. The van der Waals surface area contributed by atoms with Gasteiger partial charge in [0, 0.05) is 0 Å². The average molecular weight is 349 g/mol. The second-order valence-electron chi connectivity index (χ2n) is 7.76. The van der Waals surface area contributed by atoms with Gasteiger partial charge in [0.1, 0.15) is 17.7 Å². The summed E-state index contributed by atoms with van der Waals surface area (Å²) in [4.78, 5) is 24.6. The van der Waals surface area contributed by atoms with Crippen molar-refractivity contribution in [3.05, 3.63) is 35.9 Å². The Morgan fingerprint density at radius 3 is 2.28 bits per heavy atom. The van der Waals surface area contributed by atoms with Gasteiger partial charge in [-0.3, -0.25) is 4.79 Å². The van der Waals surface area contributed by atoms with E-state index in [1.54, 1.807) is 20.8 Å². The average Bonchev–Trinajstić information content (AvgIpc) is 2.50. The third-order valence-corrected chi connectivity index (χ3v) is 3.57. The first-order chi connectivity index (χ1) is 11.6. The van der Waals surface area contributed by atoms with Gasteiger partial charge >= 0.3 is 5.97 Å². The monoisotopic (exact) mass is 349 g/mol. The molecule has 0 heterocycles. The molecule has 0 spiro atoms. The van der Waals surface area contributed by atoms with E-state index in [0.29, 0.717) is 19.3 Å². The Kier molecular flexibility index (Phi) is 8.10. The quantitative estimate of drug-likeness (QED) is 0.708. The van der Waals surface area contributed by atoms with E-state index in [-0.39, 0.29) is 5.92 Å². The van der Waals surface area contributed by atoms with Gasteiger partial charge < -0.3 is 15.2 Å². The molecule has 5 heteroatoms. The van der Waals surface area contributed by atoms with Gasteiger partial charge in [0.05, 0.1) is 0 Å². The lowest BCUT2D eigenvalue weighted by atomic mass is 10.0. The summed E-state index contributed by atoms with van der Waals surface area (Å²) in [6, 6.07) is 8.91. The predicted octanol–water partition coefficient (Wildman–Crippen LogP) is 2.85. The van der Waals surface area contributed by atoms with Crippen molar-refractivity contribution in [2.45, 2.75) is 71.6 Å². The van der Waals surface area contributed by atoms with E-state index in [9.17, 15) is 14.7 Å². The third kappa shape index (κ3) is 8.68. The maximum absolute atomic E-state index is 12.3. The van der Waals surface area contributed by atoms with Crippen molar-refractivity contribution in [3.8, 4) is 0 Å². The Bertz CT molecular complexity index is 549. The summed E-state index contributed by atoms with van der Waals surface area (Å²) < 4.78 is 5.38. The molecule has 1 aromatic rings.